The zero-order chi connectivity index (χ0) is 13.9. The van der Waals surface area contributed by atoms with E-state index in [1.54, 1.807) is 12.5 Å². The van der Waals surface area contributed by atoms with Gasteiger partial charge in [0.2, 0.25) is 5.91 Å². The number of carbonyl (C=O) groups is 1. The lowest BCUT2D eigenvalue weighted by atomic mass is 9.95. The zero-order valence-corrected chi connectivity index (χ0v) is 11.9. The molecular formula is C14H22N4O. The fourth-order valence-electron chi connectivity index (χ4n) is 2.34. The number of amides is 1. The second-order valence-corrected chi connectivity index (χ2v) is 6.09. The molecule has 1 amide bonds. The second kappa shape index (κ2) is 5.55. The van der Waals surface area contributed by atoms with E-state index in [1.165, 1.54) is 0 Å². The van der Waals surface area contributed by atoms with Crippen molar-refractivity contribution < 1.29 is 4.79 Å². The van der Waals surface area contributed by atoms with Crippen molar-refractivity contribution in [1.29, 1.82) is 0 Å². The number of aromatic nitrogens is 2. The van der Waals surface area contributed by atoms with Gasteiger partial charge in [0.15, 0.2) is 0 Å². The minimum atomic E-state index is -0.172. The van der Waals surface area contributed by atoms with Gasteiger partial charge in [-0.3, -0.25) is 4.79 Å². The van der Waals surface area contributed by atoms with Crippen molar-refractivity contribution in [3.8, 4) is 0 Å². The van der Waals surface area contributed by atoms with Crippen LogP contribution < -0.4 is 10.2 Å². The Morgan fingerprint density at radius 2 is 2.26 bits per heavy atom. The molecule has 1 atom stereocenters. The summed E-state index contributed by atoms with van der Waals surface area (Å²) >= 11 is 0. The highest BCUT2D eigenvalue weighted by Crippen LogP contribution is 2.21. The molecule has 1 unspecified atom stereocenters. The topological polar surface area (TPSA) is 58.1 Å². The van der Waals surface area contributed by atoms with Crippen LogP contribution in [0.1, 0.15) is 33.6 Å². The van der Waals surface area contributed by atoms with Crippen LogP contribution in [0.25, 0.3) is 0 Å². The zero-order valence-electron chi connectivity index (χ0n) is 11.9. The minimum absolute atomic E-state index is 0.0444. The Hall–Kier alpha value is -1.65. The first kappa shape index (κ1) is 13.8. The van der Waals surface area contributed by atoms with Gasteiger partial charge in [-0.1, -0.05) is 0 Å². The van der Waals surface area contributed by atoms with Gasteiger partial charge < -0.3 is 10.2 Å². The molecule has 0 spiro atoms. The average molecular weight is 262 g/mol. The molecule has 2 heterocycles. The minimum Gasteiger partial charge on any atom is -0.356 e. The molecule has 1 aliphatic heterocycles. The molecule has 1 fully saturated rings. The standard InChI is InChI=1S/C14H22N4O/c1-14(2,3)17-13(19)11-5-4-8-18(9-11)12-6-7-15-10-16-12/h6-7,10-11H,4-5,8-9H2,1-3H3,(H,17,19). The summed E-state index contributed by atoms with van der Waals surface area (Å²) in [6.07, 6.45) is 5.26. The molecular weight excluding hydrogens is 240 g/mol. The summed E-state index contributed by atoms with van der Waals surface area (Å²) in [5.41, 5.74) is -0.172. The van der Waals surface area contributed by atoms with Crippen LogP contribution >= 0.6 is 0 Å². The molecule has 104 valence electrons. The van der Waals surface area contributed by atoms with Crippen molar-refractivity contribution in [2.24, 2.45) is 5.92 Å². The van der Waals surface area contributed by atoms with Crippen LogP contribution in [0.3, 0.4) is 0 Å². The number of hydrogen-bond donors (Lipinski definition) is 1. The monoisotopic (exact) mass is 262 g/mol. The molecule has 0 aliphatic carbocycles. The number of piperidine rings is 1. The second-order valence-electron chi connectivity index (χ2n) is 6.09. The van der Waals surface area contributed by atoms with E-state index in [2.05, 4.69) is 20.2 Å². The Morgan fingerprint density at radius 3 is 2.89 bits per heavy atom. The van der Waals surface area contributed by atoms with Crippen LogP contribution in [-0.2, 0) is 4.79 Å². The Labute approximate surface area is 114 Å². The Bertz CT molecular complexity index is 427. The molecule has 0 radical (unpaired) electrons. The van der Waals surface area contributed by atoms with Gasteiger partial charge in [-0.05, 0) is 39.7 Å². The van der Waals surface area contributed by atoms with Crippen molar-refractivity contribution >= 4 is 11.7 Å². The maximum Gasteiger partial charge on any atom is 0.225 e. The van der Waals surface area contributed by atoms with Crippen molar-refractivity contribution in [1.82, 2.24) is 15.3 Å². The molecule has 1 aromatic rings. The van der Waals surface area contributed by atoms with Crippen molar-refractivity contribution in [2.45, 2.75) is 39.2 Å². The summed E-state index contributed by atoms with van der Waals surface area (Å²) in [5.74, 6) is 1.09. The Kier molecular flexibility index (Phi) is 4.02. The van der Waals surface area contributed by atoms with Crippen molar-refractivity contribution in [3.63, 3.8) is 0 Å². The SMILES string of the molecule is CC(C)(C)NC(=O)C1CCCN(c2ccncn2)C1. The maximum atomic E-state index is 12.2. The highest BCUT2D eigenvalue weighted by molar-refractivity contribution is 5.80. The molecule has 19 heavy (non-hydrogen) atoms. The molecule has 5 heteroatoms. The number of rotatable bonds is 2. The van der Waals surface area contributed by atoms with Gasteiger partial charge in [-0.15, -0.1) is 0 Å². The Balaban J connectivity index is 2.00. The van der Waals surface area contributed by atoms with Crippen molar-refractivity contribution in [3.05, 3.63) is 18.6 Å². The summed E-state index contributed by atoms with van der Waals surface area (Å²) in [7, 11) is 0. The van der Waals surface area contributed by atoms with Gasteiger partial charge >= 0.3 is 0 Å². The number of nitrogens with one attached hydrogen (secondary N) is 1. The van der Waals surface area contributed by atoms with Gasteiger partial charge in [-0.25, -0.2) is 9.97 Å². The molecule has 0 saturated carbocycles. The quantitative estimate of drug-likeness (QED) is 0.879. The first-order valence-corrected chi connectivity index (χ1v) is 6.79. The predicted octanol–water partition coefficient (Wildman–Crippen LogP) is 1.61. The fourth-order valence-corrected chi connectivity index (χ4v) is 2.34. The van der Waals surface area contributed by atoms with E-state index in [0.29, 0.717) is 0 Å². The van der Waals surface area contributed by atoms with E-state index in [4.69, 9.17) is 0 Å². The van der Waals surface area contributed by atoms with E-state index in [-0.39, 0.29) is 17.4 Å². The highest BCUT2D eigenvalue weighted by Gasteiger charge is 2.28. The van der Waals surface area contributed by atoms with Crippen molar-refractivity contribution in [2.75, 3.05) is 18.0 Å². The lowest BCUT2D eigenvalue weighted by molar-refractivity contribution is -0.126. The number of carbonyl (C=O) groups excluding carboxylic acids is 1. The van der Waals surface area contributed by atoms with Gasteiger partial charge in [0.1, 0.15) is 12.1 Å². The van der Waals surface area contributed by atoms with Gasteiger partial charge in [0, 0.05) is 24.8 Å². The molecule has 2 rings (SSSR count). The summed E-state index contributed by atoms with van der Waals surface area (Å²) in [5, 5.41) is 3.06. The average Bonchev–Trinajstić information content (AvgIpc) is 2.38. The molecule has 1 N–H and O–H groups in total. The highest BCUT2D eigenvalue weighted by atomic mass is 16.2. The number of anilines is 1. The smallest absolute Gasteiger partial charge is 0.225 e. The van der Waals surface area contributed by atoms with Crippen LogP contribution in [0.5, 0.6) is 0 Å². The van der Waals surface area contributed by atoms with E-state index >= 15 is 0 Å². The third-order valence-electron chi connectivity index (χ3n) is 3.18. The van der Waals surface area contributed by atoms with Gasteiger partial charge in [-0.2, -0.15) is 0 Å². The van der Waals surface area contributed by atoms with Crippen LogP contribution in [0, 0.1) is 5.92 Å². The van der Waals surface area contributed by atoms with Gasteiger partial charge in [0.05, 0.1) is 5.92 Å². The first-order chi connectivity index (χ1) is 8.96. The summed E-state index contributed by atoms with van der Waals surface area (Å²) in [4.78, 5) is 22.6. The van der Waals surface area contributed by atoms with Crippen LogP contribution in [0.4, 0.5) is 5.82 Å². The Morgan fingerprint density at radius 1 is 1.47 bits per heavy atom. The summed E-state index contributed by atoms with van der Waals surface area (Å²) in [6.45, 7) is 7.72. The summed E-state index contributed by atoms with van der Waals surface area (Å²) < 4.78 is 0. The normalized spacial score (nSPS) is 20.2. The number of hydrogen-bond acceptors (Lipinski definition) is 4. The maximum absolute atomic E-state index is 12.2. The van der Waals surface area contributed by atoms with E-state index in [1.807, 2.05) is 26.8 Å². The third-order valence-corrected chi connectivity index (χ3v) is 3.18. The molecule has 0 aromatic carbocycles. The lowest BCUT2D eigenvalue weighted by Gasteiger charge is -2.34. The van der Waals surface area contributed by atoms with E-state index in [0.717, 1.165) is 31.7 Å². The molecule has 1 aliphatic rings. The van der Waals surface area contributed by atoms with E-state index < -0.39 is 0 Å². The molecule has 1 aromatic heterocycles. The van der Waals surface area contributed by atoms with Gasteiger partial charge in [0.25, 0.3) is 0 Å². The van der Waals surface area contributed by atoms with Crippen LogP contribution in [0.2, 0.25) is 0 Å². The largest absolute Gasteiger partial charge is 0.356 e. The molecule has 5 nitrogen and oxygen atoms in total. The number of nitrogens with zero attached hydrogens (tertiary/aromatic N) is 3. The van der Waals surface area contributed by atoms with Crippen LogP contribution in [0.15, 0.2) is 18.6 Å². The van der Waals surface area contributed by atoms with E-state index in [9.17, 15) is 4.79 Å². The third kappa shape index (κ3) is 3.91. The first-order valence-electron chi connectivity index (χ1n) is 6.79. The van der Waals surface area contributed by atoms with Crippen LogP contribution in [-0.4, -0.2) is 34.5 Å². The summed E-state index contributed by atoms with van der Waals surface area (Å²) in [6, 6.07) is 1.89. The predicted molar refractivity (Wildman–Crippen MR) is 74.9 cm³/mol. The fraction of sp³-hybridized carbons (Fsp3) is 0.643. The lowest BCUT2D eigenvalue weighted by Crippen LogP contribution is -2.48. The molecule has 1 saturated heterocycles. The molecule has 0 bridgehead atoms.